The number of halogens is 1. The smallest absolute Gasteiger partial charge is 0.220 e. The van der Waals surface area contributed by atoms with Crippen molar-refractivity contribution in [1.82, 2.24) is 5.32 Å². The molecule has 0 aliphatic rings. The second-order valence-electron chi connectivity index (χ2n) is 5.00. The van der Waals surface area contributed by atoms with E-state index in [1.807, 2.05) is 24.3 Å². The van der Waals surface area contributed by atoms with E-state index in [1.165, 1.54) is 12.1 Å². The van der Waals surface area contributed by atoms with E-state index < -0.39 is 0 Å². The first-order valence-electron chi connectivity index (χ1n) is 7.45. The van der Waals surface area contributed by atoms with Crippen molar-refractivity contribution < 1.29 is 13.9 Å². The molecule has 0 saturated carbocycles. The molecule has 0 aliphatic heterocycles. The van der Waals surface area contributed by atoms with Crippen molar-refractivity contribution in [2.45, 2.75) is 17.7 Å². The van der Waals surface area contributed by atoms with Gasteiger partial charge in [-0.3, -0.25) is 4.79 Å². The molecule has 2 aromatic carbocycles. The quantitative estimate of drug-likeness (QED) is 0.749. The van der Waals surface area contributed by atoms with E-state index in [0.717, 1.165) is 22.0 Å². The van der Waals surface area contributed by atoms with Gasteiger partial charge in [-0.2, -0.15) is 0 Å². The summed E-state index contributed by atoms with van der Waals surface area (Å²) in [6.45, 7) is 0.567. The standard InChI is InChI=1S/C18H20FNO2S/c1-22-16-6-8-17(9-7-16)23-13-11-18(21)20-12-10-14-2-4-15(19)5-3-14/h2-9H,10-13H2,1H3,(H,20,21). The van der Waals surface area contributed by atoms with Crippen LogP contribution < -0.4 is 10.1 Å². The van der Waals surface area contributed by atoms with Crippen LogP contribution in [-0.4, -0.2) is 25.3 Å². The Morgan fingerprint density at radius 3 is 2.48 bits per heavy atom. The number of methoxy groups -OCH3 is 1. The van der Waals surface area contributed by atoms with Crippen LogP contribution >= 0.6 is 11.8 Å². The van der Waals surface area contributed by atoms with Crippen LogP contribution in [0.5, 0.6) is 5.75 Å². The molecule has 122 valence electrons. The van der Waals surface area contributed by atoms with Gasteiger partial charge < -0.3 is 10.1 Å². The molecule has 3 nitrogen and oxygen atoms in total. The summed E-state index contributed by atoms with van der Waals surface area (Å²) in [5.41, 5.74) is 1.01. The number of thioether (sulfide) groups is 1. The van der Waals surface area contributed by atoms with Gasteiger partial charge in [-0.25, -0.2) is 4.39 Å². The van der Waals surface area contributed by atoms with Crippen molar-refractivity contribution in [1.29, 1.82) is 0 Å². The summed E-state index contributed by atoms with van der Waals surface area (Å²) in [5.74, 6) is 1.35. The topological polar surface area (TPSA) is 38.3 Å². The fourth-order valence-electron chi connectivity index (χ4n) is 2.02. The maximum absolute atomic E-state index is 12.8. The number of hydrogen-bond acceptors (Lipinski definition) is 3. The average molecular weight is 333 g/mol. The molecule has 0 radical (unpaired) electrons. The van der Waals surface area contributed by atoms with Crippen molar-refractivity contribution >= 4 is 17.7 Å². The van der Waals surface area contributed by atoms with Gasteiger partial charge in [0.1, 0.15) is 11.6 Å². The minimum absolute atomic E-state index is 0.0353. The summed E-state index contributed by atoms with van der Waals surface area (Å²) in [5, 5.41) is 2.88. The maximum Gasteiger partial charge on any atom is 0.220 e. The highest BCUT2D eigenvalue weighted by Crippen LogP contribution is 2.21. The lowest BCUT2D eigenvalue weighted by molar-refractivity contribution is -0.120. The second-order valence-corrected chi connectivity index (χ2v) is 6.17. The Bertz CT molecular complexity index is 614. The molecular formula is C18H20FNO2S. The van der Waals surface area contributed by atoms with Crippen molar-refractivity contribution in [3.8, 4) is 5.75 Å². The molecule has 23 heavy (non-hydrogen) atoms. The summed E-state index contributed by atoms with van der Waals surface area (Å²) < 4.78 is 17.9. The molecule has 2 rings (SSSR count). The normalized spacial score (nSPS) is 10.3. The largest absolute Gasteiger partial charge is 0.497 e. The molecular weight excluding hydrogens is 313 g/mol. The Morgan fingerprint density at radius 1 is 1.13 bits per heavy atom. The summed E-state index contributed by atoms with van der Waals surface area (Å²) in [6.07, 6.45) is 1.18. The monoisotopic (exact) mass is 333 g/mol. The summed E-state index contributed by atoms with van der Waals surface area (Å²) in [7, 11) is 1.64. The number of rotatable bonds is 8. The lowest BCUT2D eigenvalue weighted by Crippen LogP contribution is -2.25. The van der Waals surface area contributed by atoms with E-state index in [2.05, 4.69) is 5.32 Å². The minimum atomic E-state index is -0.242. The van der Waals surface area contributed by atoms with Crippen molar-refractivity contribution in [3.63, 3.8) is 0 Å². The third-order valence-electron chi connectivity index (χ3n) is 3.31. The molecule has 0 atom stereocenters. The first-order chi connectivity index (χ1) is 11.2. The third kappa shape index (κ3) is 6.32. The summed E-state index contributed by atoms with van der Waals surface area (Å²) >= 11 is 1.64. The SMILES string of the molecule is COc1ccc(SCCC(=O)NCCc2ccc(F)cc2)cc1. The predicted octanol–water partition coefficient (Wildman–Crippen LogP) is 3.68. The van der Waals surface area contributed by atoms with E-state index in [1.54, 1.807) is 31.0 Å². The van der Waals surface area contributed by atoms with E-state index >= 15 is 0 Å². The zero-order valence-electron chi connectivity index (χ0n) is 13.0. The third-order valence-corrected chi connectivity index (χ3v) is 4.32. The van der Waals surface area contributed by atoms with E-state index in [-0.39, 0.29) is 11.7 Å². The molecule has 0 saturated heterocycles. The number of carbonyl (C=O) groups is 1. The molecule has 0 heterocycles. The number of ether oxygens (including phenoxy) is 1. The number of hydrogen-bond donors (Lipinski definition) is 1. The number of nitrogens with one attached hydrogen (secondary N) is 1. The van der Waals surface area contributed by atoms with Crippen LogP contribution in [0, 0.1) is 5.82 Å². The summed E-state index contributed by atoms with van der Waals surface area (Å²) in [6, 6.07) is 14.1. The fourth-order valence-corrected chi connectivity index (χ4v) is 2.87. The molecule has 0 unspecified atom stereocenters. The lowest BCUT2D eigenvalue weighted by Gasteiger charge is -2.06. The van der Waals surface area contributed by atoms with Gasteiger partial charge in [0.15, 0.2) is 0 Å². The van der Waals surface area contributed by atoms with Crippen LogP contribution in [0.3, 0.4) is 0 Å². The van der Waals surface area contributed by atoms with Gasteiger partial charge in [0.25, 0.3) is 0 Å². The Balaban J connectivity index is 1.62. The van der Waals surface area contributed by atoms with Gasteiger partial charge in [0, 0.05) is 23.6 Å². The van der Waals surface area contributed by atoms with Gasteiger partial charge in [0.05, 0.1) is 7.11 Å². The number of carbonyl (C=O) groups excluding carboxylic acids is 1. The van der Waals surface area contributed by atoms with Gasteiger partial charge >= 0.3 is 0 Å². The average Bonchev–Trinajstić information content (AvgIpc) is 2.57. The van der Waals surface area contributed by atoms with E-state index in [4.69, 9.17) is 4.74 Å². The molecule has 5 heteroatoms. The number of amides is 1. The Hall–Kier alpha value is -2.01. The van der Waals surface area contributed by atoms with Gasteiger partial charge in [-0.05, 0) is 48.4 Å². The van der Waals surface area contributed by atoms with Crippen LogP contribution in [0.4, 0.5) is 4.39 Å². The van der Waals surface area contributed by atoms with Gasteiger partial charge in [-0.15, -0.1) is 11.8 Å². The first-order valence-corrected chi connectivity index (χ1v) is 8.44. The Labute approximate surface area is 140 Å². The van der Waals surface area contributed by atoms with Crippen molar-refractivity contribution in [3.05, 3.63) is 59.9 Å². The highest BCUT2D eigenvalue weighted by atomic mass is 32.2. The Kier molecular flexibility index (Phi) is 6.94. The van der Waals surface area contributed by atoms with Crippen molar-refractivity contribution in [2.75, 3.05) is 19.4 Å². The highest BCUT2D eigenvalue weighted by Gasteiger charge is 2.02. The zero-order valence-corrected chi connectivity index (χ0v) is 13.9. The highest BCUT2D eigenvalue weighted by molar-refractivity contribution is 7.99. The van der Waals surface area contributed by atoms with Crippen molar-refractivity contribution in [2.24, 2.45) is 0 Å². The van der Waals surface area contributed by atoms with Gasteiger partial charge in [-0.1, -0.05) is 12.1 Å². The predicted molar refractivity (Wildman–Crippen MR) is 91.4 cm³/mol. The molecule has 1 amide bonds. The molecule has 0 fully saturated rings. The van der Waals surface area contributed by atoms with E-state index in [0.29, 0.717) is 19.4 Å². The Morgan fingerprint density at radius 2 is 1.83 bits per heavy atom. The number of benzene rings is 2. The zero-order chi connectivity index (χ0) is 16.5. The second kappa shape index (κ2) is 9.20. The van der Waals surface area contributed by atoms with Gasteiger partial charge in [0.2, 0.25) is 5.91 Å². The van der Waals surface area contributed by atoms with E-state index in [9.17, 15) is 9.18 Å². The molecule has 1 N–H and O–H groups in total. The van der Waals surface area contributed by atoms with Crippen LogP contribution in [-0.2, 0) is 11.2 Å². The molecule has 2 aromatic rings. The first kappa shape index (κ1) is 17.3. The minimum Gasteiger partial charge on any atom is -0.497 e. The van der Waals surface area contributed by atoms with Crippen LogP contribution in [0.15, 0.2) is 53.4 Å². The fraction of sp³-hybridized carbons (Fsp3) is 0.278. The van der Waals surface area contributed by atoms with Crippen LogP contribution in [0.2, 0.25) is 0 Å². The molecule has 0 aromatic heterocycles. The van der Waals surface area contributed by atoms with Crippen LogP contribution in [0.1, 0.15) is 12.0 Å². The molecule has 0 spiro atoms. The van der Waals surface area contributed by atoms with Crippen LogP contribution in [0.25, 0.3) is 0 Å². The lowest BCUT2D eigenvalue weighted by atomic mass is 10.1. The molecule has 0 bridgehead atoms. The summed E-state index contributed by atoms with van der Waals surface area (Å²) in [4.78, 5) is 12.9. The maximum atomic E-state index is 12.8. The molecule has 0 aliphatic carbocycles.